The van der Waals surface area contributed by atoms with Crippen LogP contribution in [0, 0.1) is 0 Å². The average molecular weight is 277 g/mol. The van der Waals surface area contributed by atoms with Crippen molar-refractivity contribution in [3.8, 4) is 0 Å². The lowest BCUT2D eigenvalue weighted by molar-refractivity contribution is 0.197. The highest BCUT2D eigenvalue weighted by molar-refractivity contribution is 5.06. The third-order valence-electron chi connectivity index (χ3n) is 4.77. The second-order valence-corrected chi connectivity index (χ2v) is 6.31. The van der Waals surface area contributed by atoms with Gasteiger partial charge in [0, 0.05) is 18.6 Å². The summed E-state index contributed by atoms with van der Waals surface area (Å²) in [4.78, 5) is 2.55. The number of rotatable bonds is 5. The summed E-state index contributed by atoms with van der Waals surface area (Å²) in [6, 6.07) is 5.45. The first-order chi connectivity index (χ1) is 9.83. The predicted molar refractivity (Wildman–Crippen MR) is 80.5 cm³/mol. The Hall–Kier alpha value is -0.840. The van der Waals surface area contributed by atoms with Crippen molar-refractivity contribution in [1.82, 2.24) is 10.2 Å². The number of nitrogens with two attached hydrogens (primary N) is 1. The molecule has 1 aliphatic heterocycles. The Morgan fingerprint density at radius 3 is 2.85 bits per heavy atom. The molecule has 1 aromatic rings. The molecule has 1 aliphatic carbocycles. The molecule has 1 saturated heterocycles. The summed E-state index contributed by atoms with van der Waals surface area (Å²) in [5.74, 6) is 1.10. The van der Waals surface area contributed by atoms with Gasteiger partial charge in [-0.05, 0) is 57.3 Å². The van der Waals surface area contributed by atoms with Crippen LogP contribution < -0.4 is 11.1 Å². The van der Waals surface area contributed by atoms with E-state index in [9.17, 15) is 0 Å². The predicted octanol–water partition coefficient (Wildman–Crippen LogP) is 2.28. The first-order valence-corrected chi connectivity index (χ1v) is 8.09. The second kappa shape index (κ2) is 6.74. The zero-order chi connectivity index (χ0) is 13.8. The van der Waals surface area contributed by atoms with Crippen LogP contribution in [-0.4, -0.2) is 36.6 Å². The van der Waals surface area contributed by atoms with Gasteiger partial charge in [0.15, 0.2) is 0 Å². The normalized spacial score (nSPS) is 29.6. The molecule has 112 valence electrons. The van der Waals surface area contributed by atoms with Crippen molar-refractivity contribution < 1.29 is 4.42 Å². The van der Waals surface area contributed by atoms with Crippen LogP contribution >= 0.6 is 0 Å². The van der Waals surface area contributed by atoms with Crippen LogP contribution in [0.3, 0.4) is 0 Å². The molecular formula is C16H27N3O. The van der Waals surface area contributed by atoms with Crippen molar-refractivity contribution >= 4 is 0 Å². The van der Waals surface area contributed by atoms with Gasteiger partial charge in [-0.1, -0.05) is 6.42 Å². The first-order valence-electron chi connectivity index (χ1n) is 8.09. The SMILES string of the molecule is NC1CCCC(NCC(c2ccco2)N2CCCC2)C1. The average Bonchev–Trinajstić information content (AvgIpc) is 3.12. The van der Waals surface area contributed by atoms with Crippen LogP contribution in [0.1, 0.15) is 50.3 Å². The van der Waals surface area contributed by atoms with Crippen molar-refractivity contribution in [3.63, 3.8) is 0 Å². The Bertz CT molecular complexity index is 386. The van der Waals surface area contributed by atoms with Crippen LogP contribution in [0.4, 0.5) is 0 Å². The molecule has 1 aromatic heterocycles. The number of nitrogens with zero attached hydrogens (tertiary/aromatic N) is 1. The molecule has 0 radical (unpaired) electrons. The molecule has 0 aromatic carbocycles. The third-order valence-corrected chi connectivity index (χ3v) is 4.77. The summed E-state index contributed by atoms with van der Waals surface area (Å²) >= 11 is 0. The van der Waals surface area contributed by atoms with E-state index in [-0.39, 0.29) is 0 Å². The number of hydrogen-bond acceptors (Lipinski definition) is 4. The highest BCUT2D eigenvalue weighted by Gasteiger charge is 2.27. The minimum atomic E-state index is 0.380. The Morgan fingerprint density at radius 1 is 1.30 bits per heavy atom. The molecule has 1 saturated carbocycles. The van der Waals surface area contributed by atoms with Gasteiger partial charge in [-0.25, -0.2) is 0 Å². The fraction of sp³-hybridized carbons (Fsp3) is 0.750. The van der Waals surface area contributed by atoms with E-state index in [1.54, 1.807) is 6.26 Å². The van der Waals surface area contributed by atoms with Crippen LogP contribution in [-0.2, 0) is 0 Å². The smallest absolute Gasteiger partial charge is 0.122 e. The Morgan fingerprint density at radius 2 is 2.15 bits per heavy atom. The van der Waals surface area contributed by atoms with Gasteiger partial charge >= 0.3 is 0 Å². The van der Waals surface area contributed by atoms with Crippen molar-refractivity contribution in [1.29, 1.82) is 0 Å². The number of likely N-dealkylation sites (tertiary alicyclic amines) is 1. The Labute approximate surface area is 121 Å². The van der Waals surface area contributed by atoms with Crippen molar-refractivity contribution in [2.75, 3.05) is 19.6 Å². The number of nitrogens with one attached hydrogen (secondary N) is 1. The maximum absolute atomic E-state index is 6.08. The lowest BCUT2D eigenvalue weighted by Gasteiger charge is -2.31. The van der Waals surface area contributed by atoms with Gasteiger partial charge in [-0.2, -0.15) is 0 Å². The first kappa shape index (κ1) is 14.1. The van der Waals surface area contributed by atoms with Crippen LogP contribution in [0.25, 0.3) is 0 Å². The maximum Gasteiger partial charge on any atom is 0.122 e. The second-order valence-electron chi connectivity index (χ2n) is 6.31. The Kier molecular flexibility index (Phi) is 4.76. The minimum absolute atomic E-state index is 0.380. The maximum atomic E-state index is 6.08. The van der Waals surface area contributed by atoms with Crippen LogP contribution in [0.5, 0.6) is 0 Å². The molecule has 2 fully saturated rings. The summed E-state index contributed by atoms with van der Waals surface area (Å²) in [6.07, 6.45) is 9.23. The number of hydrogen-bond donors (Lipinski definition) is 2. The van der Waals surface area contributed by atoms with Crippen LogP contribution in [0.2, 0.25) is 0 Å². The topological polar surface area (TPSA) is 54.4 Å². The molecule has 20 heavy (non-hydrogen) atoms. The molecule has 3 atom stereocenters. The molecule has 0 bridgehead atoms. The lowest BCUT2D eigenvalue weighted by atomic mass is 9.91. The van der Waals surface area contributed by atoms with Gasteiger partial charge in [0.1, 0.15) is 5.76 Å². The third kappa shape index (κ3) is 3.43. The highest BCUT2D eigenvalue weighted by atomic mass is 16.3. The van der Waals surface area contributed by atoms with E-state index in [4.69, 9.17) is 10.2 Å². The minimum Gasteiger partial charge on any atom is -0.468 e. The molecule has 4 nitrogen and oxygen atoms in total. The van der Waals surface area contributed by atoms with Gasteiger partial charge in [-0.3, -0.25) is 4.90 Å². The van der Waals surface area contributed by atoms with E-state index in [1.807, 2.05) is 6.07 Å². The molecule has 0 spiro atoms. The van der Waals surface area contributed by atoms with E-state index >= 15 is 0 Å². The summed E-state index contributed by atoms with van der Waals surface area (Å²) in [6.45, 7) is 3.36. The number of furan rings is 1. The van der Waals surface area contributed by atoms with Crippen molar-refractivity contribution in [2.24, 2.45) is 5.73 Å². The zero-order valence-corrected chi connectivity index (χ0v) is 12.3. The molecule has 3 N–H and O–H groups in total. The monoisotopic (exact) mass is 277 g/mol. The summed E-state index contributed by atoms with van der Waals surface area (Å²) < 4.78 is 5.66. The Balaban J connectivity index is 1.58. The van der Waals surface area contributed by atoms with Crippen molar-refractivity contribution in [3.05, 3.63) is 24.2 Å². The summed E-state index contributed by atoms with van der Waals surface area (Å²) in [5, 5.41) is 3.74. The van der Waals surface area contributed by atoms with E-state index in [1.165, 1.54) is 45.2 Å². The molecule has 0 amide bonds. The fourth-order valence-corrected chi connectivity index (χ4v) is 3.64. The zero-order valence-electron chi connectivity index (χ0n) is 12.3. The largest absolute Gasteiger partial charge is 0.468 e. The molecule has 3 unspecified atom stereocenters. The fourth-order valence-electron chi connectivity index (χ4n) is 3.64. The van der Waals surface area contributed by atoms with Crippen LogP contribution in [0.15, 0.2) is 22.8 Å². The molecular weight excluding hydrogens is 250 g/mol. The summed E-state index contributed by atoms with van der Waals surface area (Å²) in [5.41, 5.74) is 6.08. The highest BCUT2D eigenvalue weighted by Crippen LogP contribution is 2.26. The van der Waals surface area contributed by atoms with Gasteiger partial charge in [0.25, 0.3) is 0 Å². The van der Waals surface area contributed by atoms with E-state index in [0.29, 0.717) is 18.1 Å². The van der Waals surface area contributed by atoms with Gasteiger partial charge in [-0.15, -0.1) is 0 Å². The quantitative estimate of drug-likeness (QED) is 0.867. The standard InChI is InChI=1S/C16H27N3O/c17-13-5-3-6-14(11-13)18-12-15(16-7-4-10-20-16)19-8-1-2-9-19/h4,7,10,13-15,18H,1-3,5-6,8-9,11-12,17H2. The van der Waals surface area contributed by atoms with Crippen molar-refractivity contribution in [2.45, 2.75) is 56.7 Å². The van der Waals surface area contributed by atoms with Gasteiger partial charge < -0.3 is 15.5 Å². The summed E-state index contributed by atoms with van der Waals surface area (Å²) in [7, 11) is 0. The lowest BCUT2D eigenvalue weighted by Crippen LogP contribution is -2.43. The molecule has 3 rings (SSSR count). The van der Waals surface area contributed by atoms with Gasteiger partial charge in [0.05, 0.1) is 12.3 Å². The van der Waals surface area contributed by atoms with E-state index in [2.05, 4.69) is 16.3 Å². The van der Waals surface area contributed by atoms with E-state index < -0.39 is 0 Å². The molecule has 2 aliphatic rings. The molecule has 2 heterocycles. The van der Waals surface area contributed by atoms with Gasteiger partial charge in [0.2, 0.25) is 0 Å². The molecule has 4 heteroatoms. The van der Waals surface area contributed by atoms with E-state index in [0.717, 1.165) is 18.7 Å².